The van der Waals surface area contributed by atoms with Gasteiger partial charge < -0.3 is 11.1 Å². The van der Waals surface area contributed by atoms with Crippen LogP contribution in [0.4, 0.5) is 17.1 Å². The fraction of sp³-hybridized carbons (Fsp3) is 0. The first-order chi connectivity index (χ1) is 13.3. The molecule has 0 atom stereocenters. The Labute approximate surface area is 164 Å². The number of nitrogens with one attached hydrogen (secondary N) is 1. The summed E-state index contributed by atoms with van der Waals surface area (Å²) in [6.45, 7) is 0. The molecule has 0 heterocycles. The van der Waals surface area contributed by atoms with Gasteiger partial charge in [0.05, 0.1) is 0 Å². The molecule has 132 valence electrons. The van der Waals surface area contributed by atoms with Gasteiger partial charge in [0.15, 0.2) is 0 Å². The fourth-order valence-electron chi connectivity index (χ4n) is 2.82. The molecule has 0 amide bonds. The molecule has 4 rings (SSSR count). The molecule has 0 bridgehead atoms. The lowest BCUT2D eigenvalue weighted by Crippen LogP contribution is -1.91. The highest BCUT2D eigenvalue weighted by Gasteiger charge is 2.01. The fourth-order valence-corrected chi connectivity index (χ4v) is 3.66. The van der Waals surface area contributed by atoms with Crippen LogP contribution in [0.15, 0.2) is 113 Å². The van der Waals surface area contributed by atoms with E-state index in [1.54, 1.807) is 11.8 Å². The third kappa shape index (κ3) is 4.52. The normalized spacial score (nSPS) is 10.5. The van der Waals surface area contributed by atoms with E-state index in [1.165, 1.54) is 20.9 Å². The Morgan fingerprint density at radius 3 is 1.59 bits per heavy atom. The van der Waals surface area contributed by atoms with E-state index in [0.717, 1.165) is 17.1 Å². The van der Waals surface area contributed by atoms with Gasteiger partial charge in [0.1, 0.15) is 0 Å². The minimum absolute atomic E-state index is 0.768. The first-order valence-electron chi connectivity index (χ1n) is 8.82. The molecule has 0 aliphatic carbocycles. The monoisotopic (exact) mass is 368 g/mol. The Kier molecular flexibility index (Phi) is 5.13. The highest BCUT2D eigenvalue weighted by molar-refractivity contribution is 7.99. The Bertz CT molecular complexity index is 993. The average molecular weight is 369 g/mol. The maximum absolute atomic E-state index is 5.73. The molecule has 0 fully saturated rings. The molecule has 3 heteroatoms. The second-order valence-corrected chi connectivity index (χ2v) is 7.41. The van der Waals surface area contributed by atoms with Crippen LogP contribution < -0.4 is 11.1 Å². The van der Waals surface area contributed by atoms with Crippen molar-refractivity contribution in [3.05, 3.63) is 103 Å². The van der Waals surface area contributed by atoms with E-state index in [0.29, 0.717) is 0 Å². The Balaban J connectivity index is 1.44. The second-order valence-electron chi connectivity index (χ2n) is 6.26. The third-order valence-corrected chi connectivity index (χ3v) is 5.27. The van der Waals surface area contributed by atoms with Crippen molar-refractivity contribution in [2.24, 2.45) is 0 Å². The van der Waals surface area contributed by atoms with Gasteiger partial charge in [0.25, 0.3) is 0 Å². The Hall–Kier alpha value is -3.17. The molecule has 0 aliphatic heterocycles. The van der Waals surface area contributed by atoms with Gasteiger partial charge in [-0.05, 0) is 71.8 Å². The number of nitrogens with two attached hydrogens (primary N) is 1. The number of benzene rings is 4. The molecule has 0 spiro atoms. The molecule has 0 saturated heterocycles. The standard InChI is InChI=1S/C24H20N2S/c25-20-10-14-22(15-11-20)26-21-12-6-18(7-13-21)19-8-16-24(17-9-19)27-23-4-2-1-3-5-23/h1-17,26H,25H2. The van der Waals surface area contributed by atoms with Crippen LogP contribution in [0.25, 0.3) is 11.1 Å². The van der Waals surface area contributed by atoms with Gasteiger partial charge in [-0.2, -0.15) is 0 Å². The van der Waals surface area contributed by atoms with Crippen LogP contribution in [0.5, 0.6) is 0 Å². The van der Waals surface area contributed by atoms with Gasteiger partial charge in [-0.15, -0.1) is 0 Å². The van der Waals surface area contributed by atoms with Crippen molar-refractivity contribution in [3.8, 4) is 11.1 Å². The maximum Gasteiger partial charge on any atom is 0.0385 e. The van der Waals surface area contributed by atoms with Gasteiger partial charge in [-0.3, -0.25) is 0 Å². The topological polar surface area (TPSA) is 38.0 Å². The number of hydrogen-bond donors (Lipinski definition) is 2. The smallest absolute Gasteiger partial charge is 0.0385 e. The summed E-state index contributed by atoms with van der Waals surface area (Å²) in [6.07, 6.45) is 0. The zero-order valence-corrected chi connectivity index (χ0v) is 15.6. The maximum atomic E-state index is 5.73. The molecule has 0 unspecified atom stereocenters. The number of nitrogen functional groups attached to an aromatic ring is 1. The molecular formula is C24H20N2S. The minimum atomic E-state index is 0.768. The van der Waals surface area contributed by atoms with Crippen LogP contribution in [-0.4, -0.2) is 0 Å². The van der Waals surface area contributed by atoms with E-state index >= 15 is 0 Å². The predicted octanol–water partition coefficient (Wildman–Crippen LogP) is 6.83. The first-order valence-corrected chi connectivity index (χ1v) is 9.64. The van der Waals surface area contributed by atoms with Crippen molar-refractivity contribution in [2.75, 3.05) is 11.1 Å². The Morgan fingerprint density at radius 1 is 0.519 bits per heavy atom. The van der Waals surface area contributed by atoms with Crippen molar-refractivity contribution in [3.63, 3.8) is 0 Å². The van der Waals surface area contributed by atoms with Crippen LogP contribution in [0, 0.1) is 0 Å². The predicted molar refractivity (Wildman–Crippen MR) is 117 cm³/mol. The molecule has 0 aliphatic rings. The van der Waals surface area contributed by atoms with E-state index in [-0.39, 0.29) is 0 Å². The molecule has 27 heavy (non-hydrogen) atoms. The lowest BCUT2D eigenvalue weighted by atomic mass is 10.1. The highest BCUT2D eigenvalue weighted by Crippen LogP contribution is 2.30. The van der Waals surface area contributed by atoms with Gasteiger partial charge in [0.2, 0.25) is 0 Å². The summed E-state index contributed by atoms with van der Waals surface area (Å²) in [5.41, 5.74) is 11.0. The SMILES string of the molecule is Nc1ccc(Nc2ccc(-c3ccc(Sc4ccccc4)cc3)cc2)cc1. The summed E-state index contributed by atoms with van der Waals surface area (Å²) in [7, 11) is 0. The first kappa shape index (κ1) is 17.3. The number of rotatable bonds is 5. The number of anilines is 3. The second kappa shape index (κ2) is 8.02. The molecule has 4 aromatic rings. The summed E-state index contributed by atoms with van der Waals surface area (Å²) >= 11 is 1.78. The van der Waals surface area contributed by atoms with Crippen LogP contribution >= 0.6 is 11.8 Å². The highest BCUT2D eigenvalue weighted by atomic mass is 32.2. The summed E-state index contributed by atoms with van der Waals surface area (Å²) in [5, 5.41) is 3.39. The van der Waals surface area contributed by atoms with Gasteiger partial charge in [-0.1, -0.05) is 54.2 Å². The molecule has 0 aromatic heterocycles. The van der Waals surface area contributed by atoms with Crippen LogP contribution in [-0.2, 0) is 0 Å². The van der Waals surface area contributed by atoms with E-state index < -0.39 is 0 Å². The van der Waals surface area contributed by atoms with E-state index in [2.05, 4.69) is 78.1 Å². The van der Waals surface area contributed by atoms with Crippen molar-refractivity contribution >= 4 is 28.8 Å². The number of hydrogen-bond acceptors (Lipinski definition) is 3. The molecule has 3 N–H and O–H groups in total. The lowest BCUT2D eigenvalue weighted by molar-refractivity contribution is 1.40. The zero-order valence-electron chi connectivity index (χ0n) is 14.8. The summed E-state index contributed by atoms with van der Waals surface area (Å²) < 4.78 is 0. The zero-order chi connectivity index (χ0) is 18.5. The van der Waals surface area contributed by atoms with Gasteiger partial charge in [0, 0.05) is 26.9 Å². The third-order valence-electron chi connectivity index (χ3n) is 4.25. The van der Waals surface area contributed by atoms with Crippen molar-refractivity contribution < 1.29 is 0 Å². The van der Waals surface area contributed by atoms with Crippen LogP contribution in [0.2, 0.25) is 0 Å². The lowest BCUT2D eigenvalue weighted by Gasteiger charge is -2.09. The van der Waals surface area contributed by atoms with Crippen molar-refractivity contribution in [1.29, 1.82) is 0 Å². The van der Waals surface area contributed by atoms with Gasteiger partial charge >= 0.3 is 0 Å². The van der Waals surface area contributed by atoms with Gasteiger partial charge in [-0.25, -0.2) is 0 Å². The Morgan fingerprint density at radius 2 is 1.00 bits per heavy atom. The van der Waals surface area contributed by atoms with Crippen LogP contribution in [0.1, 0.15) is 0 Å². The molecule has 2 nitrogen and oxygen atoms in total. The summed E-state index contributed by atoms with van der Waals surface area (Å²) in [5.74, 6) is 0. The van der Waals surface area contributed by atoms with Crippen molar-refractivity contribution in [1.82, 2.24) is 0 Å². The average Bonchev–Trinajstić information content (AvgIpc) is 2.72. The van der Waals surface area contributed by atoms with Crippen molar-refractivity contribution in [2.45, 2.75) is 9.79 Å². The summed E-state index contributed by atoms with van der Waals surface area (Å²) in [6, 6.07) is 35.3. The molecular weight excluding hydrogens is 348 g/mol. The molecule has 0 radical (unpaired) electrons. The van der Waals surface area contributed by atoms with Crippen LogP contribution in [0.3, 0.4) is 0 Å². The van der Waals surface area contributed by atoms with E-state index in [4.69, 9.17) is 5.73 Å². The van der Waals surface area contributed by atoms with E-state index in [9.17, 15) is 0 Å². The molecule has 4 aromatic carbocycles. The summed E-state index contributed by atoms with van der Waals surface area (Å²) in [4.78, 5) is 2.50. The van der Waals surface area contributed by atoms with E-state index in [1.807, 2.05) is 30.3 Å². The quantitative estimate of drug-likeness (QED) is 0.379. The largest absolute Gasteiger partial charge is 0.399 e. The molecule has 0 saturated carbocycles. The minimum Gasteiger partial charge on any atom is -0.399 e.